The van der Waals surface area contributed by atoms with Gasteiger partial charge in [0.25, 0.3) is 0 Å². The summed E-state index contributed by atoms with van der Waals surface area (Å²) in [7, 11) is 1.98. The molecule has 1 unspecified atom stereocenters. The molecule has 3 rings (SSSR count). The van der Waals surface area contributed by atoms with E-state index in [1.807, 2.05) is 11.7 Å². The van der Waals surface area contributed by atoms with E-state index < -0.39 is 5.41 Å². The maximum atomic E-state index is 9.92. The van der Waals surface area contributed by atoms with E-state index in [-0.39, 0.29) is 0 Å². The van der Waals surface area contributed by atoms with Gasteiger partial charge in [0, 0.05) is 19.2 Å². The van der Waals surface area contributed by atoms with Gasteiger partial charge in [0.2, 0.25) is 0 Å². The third kappa shape index (κ3) is 2.35. The highest BCUT2D eigenvalue weighted by Crippen LogP contribution is 2.39. The van der Waals surface area contributed by atoms with Crippen molar-refractivity contribution >= 4 is 0 Å². The quantitative estimate of drug-likeness (QED) is 0.865. The van der Waals surface area contributed by atoms with Crippen molar-refractivity contribution in [3.8, 4) is 6.07 Å². The SMILES string of the molecule is CCc1cc(CC2(C#N)CCCc3ccccc32)n(C)n1. The minimum absolute atomic E-state index is 0.395. The molecule has 0 spiro atoms. The molecule has 0 aliphatic heterocycles. The van der Waals surface area contributed by atoms with Gasteiger partial charge in [0.1, 0.15) is 0 Å². The van der Waals surface area contributed by atoms with Crippen LogP contribution in [0.2, 0.25) is 0 Å². The molecular formula is C18H21N3. The fourth-order valence-corrected chi connectivity index (χ4v) is 3.48. The van der Waals surface area contributed by atoms with Crippen molar-refractivity contribution in [2.45, 2.75) is 44.4 Å². The second-order valence-corrected chi connectivity index (χ2v) is 5.99. The molecule has 0 radical (unpaired) electrons. The van der Waals surface area contributed by atoms with Gasteiger partial charge in [0.15, 0.2) is 0 Å². The summed E-state index contributed by atoms with van der Waals surface area (Å²) in [6.07, 6.45) is 4.80. The summed E-state index contributed by atoms with van der Waals surface area (Å²) in [4.78, 5) is 0. The van der Waals surface area contributed by atoms with Crippen LogP contribution in [-0.4, -0.2) is 9.78 Å². The maximum absolute atomic E-state index is 9.92. The number of hydrogen-bond donors (Lipinski definition) is 0. The predicted octanol–water partition coefficient (Wildman–Crippen LogP) is 3.32. The summed E-state index contributed by atoms with van der Waals surface area (Å²) in [5.41, 5.74) is 4.42. The van der Waals surface area contributed by atoms with Gasteiger partial charge >= 0.3 is 0 Å². The molecule has 0 saturated heterocycles. The van der Waals surface area contributed by atoms with Crippen LogP contribution in [0, 0.1) is 11.3 Å². The van der Waals surface area contributed by atoms with Gasteiger partial charge in [-0.25, -0.2) is 0 Å². The van der Waals surface area contributed by atoms with E-state index in [4.69, 9.17) is 0 Å². The first-order chi connectivity index (χ1) is 10.2. The van der Waals surface area contributed by atoms with Gasteiger partial charge in [-0.1, -0.05) is 31.2 Å². The van der Waals surface area contributed by atoms with Gasteiger partial charge in [-0.3, -0.25) is 4.68 Å². The summed E-state index contributed by atoms with van der Waals surface area (Å²) >= 11 is 0. The van der Waals surface area contributed by atoms with Crippen LogP contribution in [-0.2, 0) is 31.7 Å². The lowest BCUT2D eigenvalue weighted by molar-refractivity contribution is 0.438. The number of nitrogens with zero attached hydrogens (tertiary/aromatic N) is 3. The Kier molecular flexibility index (Phi) is 3.55. The monoisotopic (exact) mass is 279 g/mol. The fourth-order valence-electron chi connectivity index (χ4n) is 3.48. The molecule has 0 saturated carbocycles. The molecule has 1 aromatic carbocycles. The van der Waals surface area contributed by atoms with Crippen molar-refractivity contribution in [1.29, 1.82) is 5.26 Å². The summed E-state index contributed by atoms with van der Waals surface area (Å²) in [5, 5.41) is 14.4. The van der Waals surface area contributed by atoms with E-state index in [1.165, 1.54) is 11.1 Å². The molecule has 108 valence electrons. The van der Waals surface area contributed by atoms with Crippen molar-refractivity contribution in [1.82, 2.24) is 9.78 Å². The summed E-state index contributed by atoms with van der Waals surface area (Å²) < 4.78 is 1.94. The smallest absolute Gasteiger partial charge is 0.0880 e. The lowest BCUT2D eigenvalue weighted by Gasteiger charge is -2.33. The maximum Gasteiger partial charge on any atom is 0.0880 e. The minimum atomic E-state index is -0.395. The number of hydrogen-bond acceptors (Lipinski definition) is 2. The van der Waals surface area contributed by atoms with Crippen molar-refractivity contribution in [2.24, 2.45) is 7.05 Å². The highest BCUT2D eigenvalue weighted by Gasteiger charge is 2.37. The van der Waals surface area contributed by atoms with Crippen LogP contribution in [0.5, 0.6) is 0 Å². The highest BCUT2D eigenvalue weighted by atomic mass is 15.3. The van der Waals surface area contributed by atoms with Crippen LogP contribution in [0.25, 0.3) is 0 Å². The van der Waals surface area contributed by atoms with Crippen molar-refractivity contribution in [3.05, 3.63) is 52.8 Å². The number of aryl methyl sites for hydroxylation is 3. The van der Waals surface area contributed by atoms with Crippen LogP contribution in [0.3, 0.4) is 0 Å². The van der Waals surface area contributed by atoms with E-state index in [1.54, 1.807) is 0 Å². The van der Waals surface area contributed by atoms with Crippen LogP contribution < -0.4 is 0 Å². The Morgan fingerprint density at radius 2 is 2.19 bits per heavy atom. The molecule has 0 amide bonds. The number of fused-ring (bicyclic) bond motifs is 1. The minimum Gasteiger partial charge on any atom is -0.272 e. The second-order valence-electron chi connectivity index (χ2n) is 5.99. The third-order valence-electron chi connectivity index (χ3n) is 4.67. The first-order valence-electron chi connectivity index (χ1n) is 7.70. The molecule has 0 N–H and O–H groups in total. The predicted molar refractivity (Wildman–Crippen MR) is 83.0 cm³/mol. The van der Waals surface area contributed by atoms with Crippen LogP contribution in [0.4, 0.5) is 0 Å². The normalized spacial score (nSPS) is 20.8. The Morgan fingerprint density at radius 1 is 1.38 bits per heavy atom. The Bertz CT molecular complexity index is 693. The number of rotatable bonds is 3. The molecule has 1 aromatic heterocycles. The van der Waals surface area contributed by atoms with Crippen molar-refractivity contribution in [2.75, 3.05) is 0 Å². The van der Waals surface area contributed by atoms with Gasteiger partial charge < -0.3 is 0 Å². The lowest BCUT2D eigenvalue weighted by atomic mass is 9.68. The number of benzene rings is 1. The van der Waals surface area contributed by atoms with Gasteiger partial charge in [0.05, 0.1) is 17.2 Å². The van der Waals surface area contributed by atoms with E-state index in [9.17, 15) is 5.26 Å². The average molecular weight is 279 g/mol. The molecule has 0 fully saturated rings. The number of aromatic nitrogens is 2. The second kappa shape index (κ2) is 5.37. The zero-order chi connectivity index (χ0) is 14.9. The molecule has 1 aliphatic rings. The Balaban J connectivity index is 2.02. The van der Waals surface area contributed by atoms with Crippen molar-refractivity contribution < 1.29 is 0 Å². The summed E-state index contributed by atoms with van der Waals surface area (Å²) in [6.45, 7) is 2.11. The van der Waals surface area contributed by atoms with Crippen LogP contribution in [0.1, 0.15) is 42.3 Å². The Labute approximate surface area is 126 Å². The topological polar surface area (TPSA) is 41.6 Å². The first-order valence-corrected chi connectivity index (χ1v) is 7.70. The van der Waals surface area contributed by atoms with E-state index in [0.717, 1.165) is 43.5 Å². The molecule has 2 aromatic rings. The average Bonchev–Trinajstić information content (AvgIpc) is 2.87. The standard InChI is InChI=1S/C18H21N3/c1-3-15-11-16(21(2)20-15)12-18(13-19)10-6-8-14-7-4-5-9-17(14)18/h4-5,7,9,11H,3,6,8,10,12H2,1-2H3. The molecule has 1 aliphatic carbocycles. The summed E-state index contributed by atoms with van der Waals surface area (Å²) in [5.74, 6) is 0. The third-order valence-corrected chi connectivity index (χ3v) is 4.67. The molecule has 3 nitrogen and oxygen atoms in total. The Morgan fingerprint density at radius 3 is 2.90 bits per heavy atom. The van der Waals surface area contributed by atoms with E-state index in [2.05, 4.69) is 48.4 Å². The fraction of sp³-hybridized carbons (Fsp3) is 0.444. The summed E-state index contributed by atoms with van der Waals surface area (Å²) in [6, 6.07) is 13.2. The van der Waals surface area contributed by atoms with Crippen LogP contribution in [0.15, 0.2) is 30.3 Å². The molecule has 0 bridgehead atoms. The van der Waals surface area contributed by atoms with Gasteiger partial charge in [-0.2, -0.15) is 10.4 Å². The molecular weight excluding hydrogens is 258 g/mol. The van der Waals surface area contributed by atoms with Gasteiger partial charge in [-0.15, -0.1) is 0 Å². The highest BCUT2D eigenvalue weighted by molar-refractivity contribution is 5.43. The molecule has 1 atom stereocenters. The molecule has 3 heteroatoms. The Hall–Kier alpha value is -2.08. The first kappa shape index (κ1) is 13.9. The van der Waals surface area contributed by atoms with Gasteiger partial charge in [-0.05, 0) is 42.9 Å². The van der Waals surface area contributed by atoms with E-state index >= 15 is 0 Å². The van der Waals surface area contributed by atoms with Crippen molar-refractivity contribution in [3.63, 3.8) is 0 Å². The molecule has 1 heterocycles. The molecule has 21 heavy (non-hydrogen) atoms. The van der Waals surface area contributed by atoms with Crippen LogP contribution >= 0.6 is 0 Å². The number of nitriles is 1. The van der Waals surface area contributed by atoms with E-state index in [0.29, 0.717) is 0 Å². The zero-order valence-electron chi connectivity index (χ0n) is 12.8. The zero-order valence-corrected chi connectivity index (χ0v) is 12.8. The lowest BCUT2D eigenvalue weighted by Crippen LogP contribution is -2.32. The largest absolute Gasteiger partial charge is 0.272 e.